The predicted molar refractivity (Wildman–Crippen MR) is 76.0 cm³/mol. The van der Waals surface area contributed by atoms with Gasteiger partial charge in [-0.2, -0.15) is 0 Å². The molecule has 0 amide bonds. The Hall–Kier alpha value is -0.740. The second-order valence-electron chi connectivity index (χ2n) is 4.36. The molecular formula is C11H16BrFN2O4S. The van der Waals surface area contributed by atoms with Gasteiger partial charge in [-0.1, -0.05) is 6.92 Å². The number of halogens is 2. The van der Waals surface area contributed by atoms with Crippen LogP contribution in [0.4, 0.5) is 10.1 Å². The average Bonchev–Trinajstić information content (AvgIpc) is 2.40. The van der Waals surface area contributed by atoms with Crippen molar-refractivity contribution in [3.05, 3.63) is 22.4 Å². The summed E-state index contributed by atoms with van der Waals surface area (Å²) in [5.41, 5.74) is 3.66. The molecule has 114 valence electrons. The van der Waals surface area contributed by atoms with Gasteiger partial charge < -0.3 is 15.9 Å². The van der Waals surface area contributed by atoms with Crippen molar-refractivity contribution in [2.45, 2.75) is 23.8 Å². The fourth-order valence-electron chi connectivity index (χ4n) is 1.50. The highest BCUT2D eigenvalue weighted by Gasteiger charge is 2.33. The molecule has 20 heavy (non-hydrogen) atoms. The van der Waals surface area contributed by atoms with E-state index >= 15 is 0 Å². The van der Waals surface area contributed by atoms with Gasteiger partial charge in [0.25, 0.3) is 0 Å². The van der Waals surface area contributed by atoms with Crippen molar-refractivity contribution in [1.29, 1.82) is 0 Å². The second kappa shape index (κ2) is 6.35. The first kappa shape index (κ1) is 17.3. The van der Waals surface area contributed by atoms with Crippen molar-refractivity contribution in [1.82, 2.24) is 4.72 Å². The Kier molecular flexibility index (Phi) is 5.50. The van der Waals surface area contributed by atoms with Gasteiger partial charge in [0.1, 0.15) is 5.82 Å². The summed E-state index contributed by atoms with van der Waals surface area (Å²) in [6.07, 6.45) is 0.174. The van der Waals surface area contributed by atoms with E-state index in [4.69, 9.17) is 5.73 Å². The van der Waals surface area contributed by atoms with Crippen LogP contribution in [0.15, 0.2) is 21.5 Å². The lowest BCUT2D eigenvalue weighted by Crippen LogP contribution is -2.53. The molecule has 0 heterocycles. The number of hydrogen-bond acceptors (Lipinski definition) is 5. The fourth-order valence-corrected chi connectivity index (χ4v) is 4.01. The van der Waals surface area contributed by atoms with E-state index in [2.05, 4.69) is 20.7 Å². The van der Waals surface area contributed by atoms with Crippen LogP contribution in [0.3, 0.4) is 0 Å². The summed E-state index contributed by atoms with van der Waals surface area (Å²) in [5, 5.41) is 18.5. The third kappa shape index (κ3) is 3.47. The number of benzene rings is 1. The maximum Gasteiger partial charge on any atom is 0.242 e. The number of rotatable bonds is 6. The van der Waals surface area contributed by atoms with E-state index in [1.54, 1.807) is 6.92 Å². The maximum absolute atomic E-state index is 13.2. The van der Waals surface area contributed by atoms with Crippen molar-refractivity contribution in [3.8, 4) is 0 Å². The Morgan fingerprint density at radius 1 is 1.40 bits per heavy atom. The van der Waals surface area contributed by atoms with E-state index in [1.165, 1.54) is 0 Å². The zero-order chi connectivity index (χ0) is 15.6. The van der Waals surface area contributed by atoms with Gasteiger partial charge in [0, 0.05) is 4.47 Å². The van der Waals surface area contributed by atoms with E-state index in [0.29, 0.717) is 0 Å². The van der Waals surface area contributed by atoms with E-state index in [1.807, 2.05) is 0 Å². The average molecular weight is 371 g/mol. The topological polar surface area (TPSA) is 113 Å². The van der Waals surface area contributed by atoms with Crippen molar-refractivity contribution < 1.29 is 23.0 Å². The zero-order valence-electron chi connectivity index (χ0n) is 10.7. The lowest BCUT2D eigenvalue weighted by Gasteiger charge is -2.29. The third-order valence-electron chi connectivity index (χ3n) is 2.97. The van der Waals surface area contributed by atoms with Crippen LogP contribution >= 0.6 is 15.9 Å². The molecule has 0 unspecified atom stereocenters. The van der Waals surface area contributed by atoms with Crippen LogP contribution in [0.2, 0.25) is 0 Å². The summed E-state index contributed by atoms with van der Waals surface area (Å²) in [7, 11) is -4.09. The molecule has 0 aliphatic rings. The van der Waals surface area contributed by atoms with Crippen LogP contribution < -0.4 is 10.5 Å². The molecule has 0 aliphatic carbocycles. The Bertz CT molecular complexity index is 582. The number of aliphatic hydroxyl groups excluding tert-OH is 2. The van der Waals surface area contributed by atoms with E-state index in [9.17, 15) is 23.0 Å². The molecule has 1 aromatic rings. The number of hydrogen-bond donors (Lipinski definition) is 4. The molecular weight excluding hydrogens is 355 g/mol. The summed E-state index contributed by atoms with van der Waals surface area (Å²) in [4.78, 5) is -0.267. The highest BCUT2D eigenvalue weighted by Crippen LogP contribution is 2.28. The Morgan fingerprint density at radius 3 is 2.40 bits per heavy atom. The molecule has 1 rings (SSSR count). The number of nitrogen functional groups attached to an aromatic ring is 1. The molecule has 0 aliphatic heterocycles. The van der Waals surface area contributed by atoms with Crippen LogP contribution in [0, 0.1) is 5.82 Å². The second-order valence-corrected chi connectivity index (χ2v) is 6.86. The van der Waals surface area contributed by atoms with Crippen LogP contribution in [-0.4, -0.2) is 37.4 Å². The number of nitrogens with one attached hydrogen (secondary N) is 1. The minimum atomic E-state index is -4.09. The normalized spacial score (nSPS) is 12.7. The molecule has 0 fully saturated rings. The quantitative estimate of drug-likeness (QED) is 0.547. The monoisotopic (exact) mass is 370 g/mol. The largest absolute Gasteiger partial charge is 0.396 e. The van der Waals surface area contributed by atoms with Crippen molar-refractivity contribution in [3.63, 3.8) is 0 Å². The van der Waals surface area contributed by atoms with E-state index in [0.717, 1.165) is 12.1 Å². The van der Waals surface area contributed by atoms with Gasteiger partial charge in [0.15, 0.2) is 0 Å². The summed E-state index contributed by atoms with van der Waals surface area (Å²) in [6, 6.07) is 1.91. The molecule has 9 heteroatoms. The minimum Gasteiger partial charge on any atom is -0.396 e. The van der Waals surface area contributed by atoms with Gasteiger partial charge in [-0.15, -0.1) is 0 Å². The Morgan fingerprint density at radius 2 is 1.95 bits per heavy atom. The number of nitrogens with two attached hydrogens (primary N) is 1. The molecule has 0 saturated carbocycles. The van der Waals surface area contributed by atoms with E-state index in [-0.39, 0.29) is 21.5 Å². The maximum atomic E-state index is 13.2. The highest BCUT2D eigenvalue weighted by molar-refractivity contribution is 9.10. The third-order valence-corrected chi connectivity index (χ3v) is 5.51. The smallest absolute Gasteiger partial charge is 0.242 e. The number of aliphatic hydroxyl groups is 2. The van der Waals surface area contributed by atoms with Crippen LogP contribution in [0.5, 0.6) is 0 Å². The van der Waals surface area contributed by atoms with Crippen molar-refractivity contribution in [2.75, 3.05) is 18.9 Å². The van der Waals surface area contributed by atoms with Gasteiger partial charge >= 0.3 is 0 Å². The van der Waals surface area contributed by atoms with Gasteiger partial charge in [-0.25, -0.2) is 17.5 Å². The summed E-state index contributed by atoms with van der Waals surface area (Å²) < 4.78 is 40.0. The van der Waals surface area contributed by atoms with Crippen LogP contribution in [0.25, 0.3) is 0 Å². The standard InChI is InChI=1S/C11H16BrFN2O4S/c1-2-11(5-16,6-17)15-20(18,19)10-4-9(14)8(13)3-7(10)12/h3-4,15-17H,2,5-6,14H2,1H3. The Balaban J connectivity index is 3.28. The van der Waals surface area contributed by atoms with Crippen molar-refractivity contribution >= 4 is 31.6 Å². The molecule has 5 N–H and O–H groups in total. The molecule has 1 aromatic carbocycles. The first-order valence-electron chi connectivity index (χ1n) is 5.71. The van der Waals surface area contributed by atoms with E-state index < -0.39 is 34.6 Å². The highest BCUT2D eigenvalue weighted by atomic mass is 79.9. The minimum absolute atomic E-state index is 0.00224. The fraction of sp³-hybridized carbons (Fsp3) is 0.455. The predicted octanol–water partition coefficient (Wildman–Crippen LogP) is 0.582. The van der Waals surface area contributed by atoms with Gasteiger partial charge in [-0.05, 0) is 34.5 Å². The molecule has 0 atom stereocenters. The molecule has 0 bridgehead atoms. The van der Waals surface area contributed by atoms with Crippen LogP contribution in [-0.2, 0) is 10.0 Å². The SMILES string of the molecule is CCC(CO)(CO)NS(=O)(=O)c1cc(N)c(F)cc1Br. The summed E-state index contributed by atoms with van der Waals surface area (Å²) in [6.45, 7) is 0.462. The molecule has 0 saturated heterocycles. The zero-order valence-corrected chi connectivity index (χ0v) is 13.1. The molecule has 0 aromatic heterocycles. The lowest BCUT2D eigenvalue weighted by atomic mass is 10.0. The van der Waals surface area contributed by atoms with Gasteiger partial charge in [-0.3, -0.25) is 0 Å². The van der Waals surface area contributed by atoms with Gasteiger partial charge in [0.05, 0.1) is 29.3 Å². The molecule has 0 radical (unpaired) electrons. The molecule has 6 nitrogen and oxygen atoms in total. The molecule has 0 spiro atoms. The number of anilines is 1. The first-order valence-corrected chi connectivity index (χ1v) is 7.99. The summed E-state index contributed by atoms with van der Waals surface area (Å²) >= 11 is 2.95. The van der Waals surface area contributed by atoms with Crippen molar-refractivity contribution in [2.24, 2.45) is 0 Å². The lowest BCUT2D eigenvalue weighted by molar-refractivity contribution is 0.105. The first-order chi connectivity index (χ1) is 9.21. The summed E-state index contributed by atoms with van der Waals surface area (Å²) in [5.74, 6) is -0.748. The number of sulfonamides is 1. The Labute approximate surface area is 125 Å². The van der Waals surface area contributed by atoms with Crippen LogP contribution in [0.1, 0.15) is 13.3 Å². The van der Waals surface area contributed by atoms with Gasteiger partial charge in [0.2, 0.25) is 10.0 Å².